The lowest BCUT2D eigenvalue weighted by Crippen LogP contribution is -2.36. The van der Waals surface area contributed by atoms with Crippen molar-refractivity contribution >= 4 is 15.9 Å². The van der Waals surface area contributed by atoms with Crippen LogP contribution in [0, 0.1) is 0 Å². The van der Waals surface area contributed by atoms with Crippen LogP contribution < -0.4 is 19.5 Å². The van der Waals surface area contributed by atoms with Gasteiger partial charge in [0.15, 0.2) is 11.5 Å². The Morgan fingerprint density at radius 2 is 1.96 bits per heavy atom. The van der Waals surface area contributed by atoms with Crippen LogP contribution in [0.25, 0.3) is 0 Å². The number of carbonyl (C=O) groups excluding carboxylic acids is 1. The summed E-state index contributed by atoms with van der Waals surface area (Å²) in [6.07, 6.45) is 1.04. The molecule has 1 amide bonds. The molecule has 25 heavy (non-hydrogen) atoms. The molecule has 0 aromatic heterocycles. The number of hydrogen-bond donors (Lipinski definition) is 2. The van der Waals surface area contributed by atoms with Gasteiger partial charge in [-0.25, -0.2) is 13.1 Å². The zero-order valence-corrected chi connectivity index (χ0v) is 15.4. The molecule has 140 valence electrons. The van der Waals surface area contributed by atoms with Gasteiger partial charge in [0.05, 0.1) is 19.1 Å². The third-order valence-corrected chi connectivity index (χ3v) is 5.45. The van der Waals surface area contributed by atoms with E-state index in [4.69, 9.17) is 9.47 Å². The summed E-state index contributed by atoms with van der Waals surface area (Å²) in [5.41, 5.74) is 0. The minimum atomic E-state index is -3.72. The minimum absolute atomic E-state index is 0.0429. The summed E-state index contributed by atoms with van der Waals surface area (Å²) in [5.74, 6) is 0.739. The molecular weight excluding hydrogens is 346 g/mol. The summed E-state index contributed by atoms with van der Waals surface area (Å²) in [6.45, 7) is 3.08. The molecule has 0 radical (unpaired) electrons. The predicted molar refractivity (Wildman–Crippen MR) is 93.4 cm³/mol. The van der Waals surface area contributed by atoms with Gasteiger partial charge >= 0.3 is 0 Å². The molecule has 1 fully saturated rings. The van der Waals surface area contributed by atoms with Crippen molar-refractivity contribution in [1.82, 2.24) is 14.9 Å². The Morgan fingerprint density at radius 1 is 1.20 bits per heavy atom. The first-order valence-corrected chi connectivity index (χ1v) is 9.66. The van der Waals surface area contributed by atoms with E-state index in [1.54, 1.807) is 4.90 Å². The zero-order chi connectivity index (χ0) is 18.3. The molecule has 2 rings (SSSR count). The number of methoxy groups -OCH3 is 2. The first-order valence-electron chi connectivity index (χ1n) is 8.18. The van der Waals surface area contributed by atoms with Crippen LogP contribution in [0.5, 0.6) is 11.5 Å². The van der Waals surface area contributed by atoms with Gasteiger partial charge in [0, 0.05) is 38.7 Å². The van der Waals surface area contributed by atoms with E-state index in [0.717, 1.165) is 19.5 Å². The van der Waals surface area contributed by atoms with E-state index in [1.165, 1.54) is 32.4 Å². The summed E-state index contributed by atoms with van der Waals surface area (Å²) in [5, 5.41) is 3.23. The maximum absolute atomic E-state index is 12.4. The number of benzene rings is 1. The Kier molecular flexibility index (Phi) is 7.03. The number of ether oxygens (including phenoxy) is 2. The third-order valence-electron chi connectivity index (χ3n) is 3.99. The second kappa shape index (κ2) is 9.02. The Morgan fingerprint density at radius 3 is 2.68 bits per heavy atom. The highest BCUT2D eigenvalue weighted by Crippen LogP contribution is 2.29. The maximum atomic E-state index is 12.4. The number of sulfonamides is 1. The SMILES string of the molecule is COc1ccc(S(=O)(=O)NCCC(=O)N2CCCNCC2)cc1OC. The van der Waals surface area contributed by atoms with Gasteiger partial charge in [-0.15, -0.1) is 0 Å². The Balaban J connectivity index is 1.93. The molecule has 1 heterocycles. The molecule has 0 atom stereocenters. The first-order chi connectivity index (χ1) is 12.0. The monoisotopic (exact) mass is 371 g/mol. The molecule has 9 heteroatoms. The zero-order valence-electron chi connectivity index (χ0n) is 14.6. The highest BCUT2D eigenvalue weighted by atomic mass is 32.2. The topological polar surface area (TPSA) is 97.0 Å². The van der Waals surface area contributed by atoms with Gasteiger partial charge in [-0.05, 0) is 25.1 Å². The Hall–Kier alpha value is -1.84. The van der Waals surface area contributed by atoms with Crippen LogP contribution in [0.4, 0.5) is 0 Å². The second-order valence-corrected chi connectivity index (χ2v) is 7.42. The van der Waals surface area contributed by atoms with Crippen molar-refractivity contribution in [2.24, 2.45) is 0 Å². The fourth-order valence-corrected chi connectivity index (χ4v) is 3.66. The van der Waals surface area contributed by atoms with Gasteiger partial charge in [-0.3, -0.25) is 4.79 Å². The molecule has 1 aromatic carbocycles. The van der Waals surface area contributed by atoms with Gasteiger partial charge in [0.25, 0.3) is 0 Å². The minimum Gasteiger partial charge on any atom is -0.493 e. The van der Waals surface area contributed by atoms with Crippen LogP contribution in [0.1, 0.15) is 12.8 Å². The lowest BCUT2D eigenvalue weighted by molar-refractivity contribution is -0.130. The van der Waals surface area contributed by atoms with Crippen molar-refractivity contribution < 1.29 is 22.7 Å². The molecule has 0 spiro atoms. The summed E-state index contributed by atoms with van der Waals surface area (Å²) in [6, 6.07) is 4.36. The average molecular weight is 371 g/mol. The molecule has 1 aliphatic heterocycles. The molecular formula is C16H25N3O5S. The van der Waals surface area contributed by atoms with Crippen LogP contribution in [0.15, 0.2) is 23.1 Å². The lowest BCUT2D eigenvalue weighted by Gasteiger charge is -2.20. The van der Waals surface area contributed by atoms with Crippen molar-refractivity contribution in [1.29, 1.82) is 0 Å². The molecule has 1 saturated heterocycles. The molecule has 1 aromatic rings. The van der Waals surface area contributed by atoms with E-state index >= 15 is 0 Å². The smallest absolute Gasteiger partial charge is 0.240 e. The predicted octanol–water partition coefficient (Wildman–Crippen LogP) is 0.194. The van der Waals surface area contributed by atoms with Crippen molar-refractivity contribution in [2.75, 3.05) is 46.9 Å². The molecule has 0 bridgehead atoms. The van der Waals surface area contributed by atoms with Crippen molar-refractivity contribution in [2.45, 2.75) is 17.7 Å². The highest BCUT2D eigenvalue weighted by molar-refractivity contribution is 7.89. The molecule has 0 aliphatic carbocycles. The highest BCUT2D eigenvalue weighted by Gasteiger charge is 2.19. The summed E-state index contributed by atoms with van der Waals surface area (Å²) in [7, 11) is -0.799. The number of carbonyl (C=O) groups is 1. The van der Waals surface area contributed by atoms with Crippen LogP contribution in [0.3, 0.4) is 0 Å². The van der Waals surface area contributed by atoms with Gasteiger partial charge < -0.3 is 19.7 Å². The first kappa shape index (κ1) is 19.5. The molecule has 0 unspecified atom stereocenters. The van der Waals surface area contributed by atoms with Crippen molar-refractivity contribution in [3.05, 3.63) is 18.2 Å². The van der Waals surface area contributed by atoms with Crippen LogP contribution in [-0.4, -0.2) is 66.2 Å². The Bertz CT molecular complexity index is 685. The average Bonchev–Trinajstić information content (AvgIpc) is 2.90. The van der Waals surface area contributed by atoms with E-state index in [0.29, 0.717) is 24.6 Å². The molecule has 2 N–H and O–H groups in total. The molecule has 1 aliphatic rings. The van der Waals surface area contributed by atoms with E-state index in [-0.39, 0.29) is 23.8 Å². The van der Waals surface area contributed by atoms with E-state index in [9.17, 15) is 13.2 Å². The van der Waals surface area contributed by atoms with Gasteiger partial charge in [-0.2, -0.15) is 0 Å². The van der Waals surface area contributed by atoms with Gasteiger partial charge in [-0.1, -0.05) is 0 Å². The lowest BCUT2D eigenvalue weighted by atomic mass is 10.3. The number of amides is 1. The normalized spacial score (nSPS) is 15.5. The van der Waals surface area contributed by atoms with Crippen LogP contribution in [-0.2, 0) is 14.8 Å². The standard InChI is InChI=1S/C16H25N3O5S/c1-23-14-5-4-13(12-15(14)24-2)25(21,22)18-8-6-16(20)19-10-3-7-17-9-11-19/h4-5,12,17-18H,3,6-11H2,1-2H3. The summed E-state index contributed by atoms with van der Waals surface area (Å²) >= 11 is 0. The largest absolute Gasteiger partial charge is 0.493 e. The van der Waals surface area contributed by atoms with Crippen molar-refractivity contribution in [3.63, 3.8) is 0 Å². The number of hydrogen-bond acceptors (Lipinski definition) is 6. The van der Waals surface area contributed by atoms with Crippen LogP contribution >= 0.6 is 0 Å². The van der Waals surface area contributed by atoms with Crippen molar-refractivity contribution in [3.8, 4) is 11.5 Å². The third kappa shape index (κ3) is 5.32. The van der Waals surface area contributed by atoms with Crippen LogP contribution in [0.2, 0.25) is 0 Å². The fraction of sp³-hybridized carbons (Fsp3) is 0.562. The number of rotatable bonds is 7. The second-order valence-electron chi connectivity index (χ2n) is 5.65. The molecule has 0 saturated carbocycles. The number of nitrogens with one attached hydrogen (secondary N) is 2. The van der Waals surface area contributed by atoms with Gasteiger partial charge in [0.2, 0.25) is 15.9 Å². The molecule has 8 nitrogen and oxygen atoms in total. The van der Waals surface area contributed by atoms with Gasteiger partial charge in [0.1, 0.15) is 0 Å². The summed E-state index contributed by atoms with van der Waals surface area (Å²) in [4.78, 5) is 14.0. The van der Waals surface area contributed by atoms with E-state index in [2.05, 4.69) is 10.0 Å². The number of nitrogens with zero attached hydrogens (tertiary/aromatic N) is 1. The Labute approximate surface area is 148 Å². The fourth-order valence-electron chi connectivity index (χ4n) is 2.61. The quantitative estimate of drug-likeness (QED) is 0.710. The summed E-state index contributed by atoms with van der Waals surface area (Å²) < 4.78 is 37.4. The van der Waals surface area contributed by atoms with E-state index in [1.807, 2.05) is 0 Å². The maximum Gasteiger partial charge on any atom is 0.240 e. The van der Waals surface area contributed by atoms with E-state index < -0.39 is 10.0 Å².